The van der Waals surface area contributed by atoms with Crippen molar-refractivity contribution in [1.82, 2.24) is 9.88 Å². The van der Waals surface area contributed by atoms with E-state index in [4.69, 9.17) is 9.47 Å². The van der Waals surface area contributed by atoms with Crippen molar-refractivity contribution >= 4 is 23.0 Å². The molecule has 1 aromatic carbocycles. The molecule has 2 aliphatic heterocycles. The molecular formula is C24H26N2O5S. The number of rotatable bonds is 8. The van der Waals surface area contributed by atoms with Crippen LogP contribution in [0.25, 0.3) is 0 Å². The molecule has 1 aromatic heterocycles. The first kappa shape index (κ1) is 22.2. The summed E-state index contributed by atoms with van der Waals surface area (Å²) in [5.41, 5.74) is 1.34. The van der Waals surface area contributed by atoms with Crippen LogP contribution in [-0.4, -0.2) is 52.5 Å². The molecular weight excluding hydrogens is 428 g/mol. The fourth-order valence-electron chi connectivity index (χ4n) is 4.22. The van der Waals surface area contributed by atoms with Gasteiger partial charge in [0.2, 0.25) is 5.78 Å². The highest BCUT2D eigenvalue weighted by molar-refractivity contribution is 7.14. The molecule has 2 atom stereocenters. The van der Waals surface area contributed by atoms with Gasteiger partial charge in [-0.2, -0.15) is 0 Å². The van der Waals surface area contributed by atoms with Crippen molar-refractivity contribution in [3.8, 4) is 5.75 Å². The number of thiazole rings is 1. The van der Waals surface area contributed by atoms with E-state index in [-0.39, 0.29) is 17.5 Å². The molecule has 32 heavy (non-hydrogen) atoms. The minimum Gasteiger partial charge on any atom is -0.503 e. The molecule has 0 radical (unpaired) electrons. The molecule has 7 nitrogen and oxygen atoms in total. The minimum atomic E-state index is -0.742. The van der Waals surface area contributed by atoms with E-state index in [9.17, 15) is 14.7 Å². The highest BCUT2D eigenvalue weighted by Crippen LogP contribution is 2.41. The fraction of sp³-hybridized carbons (Fsp3) is 0.375. The summed E-state index contributed by atoms with van der Waals surface area (Å²) in [4.78, 5) is 33.0. The third kappa shape index (κ3) is 4.20. The van der Waals surface area contributed by atoms with Crippen LogP contribution in [0.4, 0.5) is 0 Å². The van der Waals surface area contributed by atoms with Crippen LogP contribution in [0.2, 0.25) is 0 Å². The smallest absolute Gasteiger partial charge is 0.290 e. The number of nitrogens with zero attached hydrogens (tertiary/aromatic N) is 2. The highest BCUT2D eigenvalue weighted by Gasteiger charge is 2.45. The predicted octanol–water partition coefficient (Wildman–Crippen LogP) is 4.08. The number of hydrogen-bond acceptors (Lipinski definition) is 7. The van der Waals surface area contributed by atoms with E-state index in [1.807, 2.05) is 19.1 Å². The topological polar surface area (TPSA) is 89.0 Å². The first-order valence-corrected chi connectivity index (χ1v) is 11.4. The molecule has 1 fully saturated rings. The number of hydrogen-bond donors (Lipinski definition) is 1. The van der Waals surface area contributed by atoms with Crippen molar-refractivity contribution in [3.05, 3.63) is 69.4 Å². The Labute approximate surface area is 191 Å². The van der Waals surface area contributed by atoms with Gasteiger partial charge in [-0.3, -0.25) is 9.59 Å². The number of ketones is 1. The normalized spacial score (nSPS) is 20.8. The van der Waals surface area contributed by atoms with E-state index >= 15 is 0 Å². The van der Waals surface area contributed by atoms with Gasteiger partial charge in [0.15, 0.2) is 5.76 Å². The lowest BCUT2D eigenvalue weighted by Crippen LogP contribution is -2.37. The lowest BCUT2D eigenvalue weighted by atomic mass is 9.94. The second-order valence-electron chi connectivity index (χ2n) is 7.91. The molecule has 168 valence electrons. The van der Waals surface area contributed by atoms with Crippen LogP contribution in [0.15, 0.2) is 48.3 Å². The molecule has 1 saturated heterocycles. The van der Waals surface area contributed by atoms with Gasteiger partial charge in [-0.05, 0) is 44.4 Å². The molecule has 1 N–H and O–H groups in total. The number of aliphatic hydroxyl groups excluding tert-OH is 1. The summed E-state index contributed by atoms with van der Waals surface area (Å²) in [6.45, 7) is 8.52. The van der Waals surface area contributed by atoms with Gasteiger partial charge >= 0.3 is 0 Å². The first-order valence-electron chi connectivity index (χ1n) is 10.6. The van der Waals surface area contributed by atoms with E-state index in [0.717, 1.165) is 17.8 Å². The number of aromatic nitrogens is 1. The zero-order chi connectivity index (χ0) is 22.8. The van der Waals surface area contributed by atoms with Crippen molar-refractivity contribution in [3.63, 3.8) is 0 Å². The maximum atomic E-state index is 13.6. The molecule has 3 heterocycles. The van der Waals surface area contributed by atoms with Gasteiger partial charge < -0.3 is 19.5 Å². The summed E-state index contributed by atoms with van der Waals surface area (Å²) in [7, 11) is 0. The van der Waals surface area contributed by atoms with Crippen LogP contribution in [-0.2, 0) is 9.53 Å². The van der Waals surface area contributed by atoms with Crippen LogP contribution < -0.4 is 4.74 Å². The Balaban J connectivity index is 1.77. The van der Waals surface area contributed by atoms with E-state index in [1.165, 1.54) is 16.2 Å². The Morgan fingerprint density at radius 2 is 2.25 bits per heavy atom. The van der Waals surface area contributed by atoms with Gasteiger partial charge in [0.25, 0.3) is 5.91 Å². The van der Waals surface area contributed by atoms with Crippen molar-refractivity contribution in [2.24, 2.45) is 0 Å². The Kier molecular flexibility index (Phi) is 6.43. The van der Waals surface area contributed by atoms with Gasteiger partial charge in [0, 0.05) is 13.2 Å². The van der Waals surface area contributed by atoms with Crippen LogP contribution in [0.1, 0.15) is 44.8 Å². The van der Waals surface area contributed by atoms with Gasteiger partial charge in [-0.1, -0.05) is 24.8 Å². The Bertz CT molecular complexity index is 1080. The van der Waals surface area contributed by atoms with Crippen LogP contribution in [0, 0.1) is 13.8 Å². The zero-order valence-corrected chi connectivity index (χ0v) is 19.0. The molecule has 0 saturated carbocycles. The van der Waals surface area contributed by atoms with Crippen molar-refractivity contribution in [2.75, 3.05) is 19.8 Å². The van der Waals surface area contributed by atoms with E-state index in [2.05, 4.69) is 11.6 Å². The highest BCUT2D eigenvalue weighted by atomic mass is 32.1. The summed E-state index contributed by atoms with van der Waals surface area (Å²) in [6, 6.07) is 6.49. The first-order chi connectivity index (χ1) is 15.4. The largest absolute Gasteiger partial charge is 0.503 e. The summed E-state index contributed by atoms with van der Waals surface area (Å²) >= 11 is 1.26. The summed E-state index contributed by atoms with van der Waals surface area (Å²) in [6.07, 6.45) is 3.27. The Hall–Kier alpha value is -2.97. The molecule has 1 amide bonds. The van der Waals surface area contributed by atoms with Crippen molar-refractivity contribution in [2.45, 2.75) is 38.8 Å². The van der Waals surface area contributed by atoms with Gasteiger partial charge in [0.1, 0.15) is 12.4 Å². The van der Waals surface area contributed by atoms with E-state index in [1.54, 1.807) is 25.1 Å². The number of carbonyl (C=O) groups excluding carboxylic acids is 2. The lowest BCUT2D eigenvalue weighted by Gasteiger charge is -2.29. The molecule has 0 bridgehead atoms. The number of ether oxygens (including phenoxy) is 2. The molecule has 2 aromatic rings. The third-order valence-corrected chi connectivity index (χ3v) is 6.70. The third-order valence-electron chi connectivity index (χ3n) is 5.62. The van der Waals surface area contributed by atoms with E-state index in [0.29, 0.717) is 41.6 Å². The standard InChI is InChI=1S/C24H26N2O5S/c1-4-10-30-17-8-5-7-16(12-17)20-19(21(27)23-14(2)25-15(3)32-23)22(28)24(29)26(20)13-18-9-6-11-31-18/h4-5,7-8,12,18,20,28H,1,6,9-11,13H2,2-3H3. The predicted molar refractivity (Wildman–Crippen MR) is 121 cm³/mol. The molecule has 8 heteroatoms. The molecule has 0 aliphatic carbocycles. The average Bonchev–Trinajstić information content (AvgIpc) is 3.47. The van der Waals surface area contributed by atoms with Crippen molar-refractivity contribution in [1.29, 1.82) is 0 Å². The maximum absolute atomic E-state index is 13.6. The minimum absolute atomic E-state index is 0.0700. The van der Waals surface area contributed by atoms with E-state index < -0.39 is 17.7 Å². The molecule has 2 aliphatic rings. The number of aryl methyl sites for hydroxylation is 2. The Morgan fingerprint density at radius 3 is 2.91 bits per heavy atom. The second kappa shape index (κ2) is 9.26. The van der Waals surface area contributed by atoms with Crippen LogP contribution >= 0.6 is 11.3 Å². The van der Waals surface area contributed by atoms with Crippen molar-refractivity contribution < 1.29 is 24.2 Å². The van der Waals surface area contributed by atoms with Crippen LogP contribution in [0.3, 0.4) is 0 Å². The van der Waals surface area contributed by atoms with Gasteiger partial charge in [-0.25, -0.2) is 4.98 Å². The maximum Gasteiger partial charge on any atom is 0.290 e. The molecule has 4 rings (SSSR count). The van der Waals surface area contributed by atoms with Crippen LogP contribution in [0.5, 0.6) is 5.75 Å². The quantitative estimate of drug-likeness (QED) is 0.478. The molecule has 0 spiro atoms. The van der Waals surface area contributed by atoms with Gasteiger partial charge in [0.05, 0.1) is 33.3 Å². The SMILES string of the molecule is C=CCOc1cccc(C2C(C(=O)c3sc(C)nc3C)=C(O)C(=O)N2CC2CCCO2)c1. The second-order valence-corrected chi connectivity index (χ2v) is 9.11. The summed E-state index contributed by atoms with van der Waals surface area (Å²) < 4.78 is 11.4. The fourth-order valence-corrected chi connectivity index (χ4v) is 5.10. The number of amides is 1. The lowest BCUT2D eigenvalue weighted by molar-refractivity contribution is -0.131. The Morgan fingerprint density at radius 1 is 1.44 bits per heavy atom. The molecule has 2 unspecified atom stereocenters. The van der Waals surface area contributed by atoms with Gasteiger partial charge in [-0.15, -0.1) is 11.3 Å². The summed E-state index contributed by atoms with van der Waals surface area (Å²) in [5.74, 6) is -0.864. The number of aliphatic hydroxyl groups is 1. The zero-order valence-electron chi connectivity index (χ0n) is 18.2. The number of Topliss-reactive ketones (excluding diaryl/α,β-unsaturated/α-hetero) is 1. The monoisotopic (exact) mass is 454 g/mol. The number of carbonyl (C=O) groups is 2. The number of benzene rings is 1. The summed E-state index contributed by atoms with van der Waals surface area (Å²) in [5, 5.41) is 11.6. The average molecular weight is 455 g/mol.